The van der Waals surface area contributed by atoms with Gasteiger partial charge in [-0.15, -0.1) is 0 Å². The normalized spacial score (nSPS) is 11.8. The fourth-order valence-electron chi connectivity index (χ4n) is 0.374. The van der Waals surface area contributed by atoms with Crippen molar-refractivity contribution in [3.8, 4) is 0 Å². The lowest BCUT2D eigenvalue weighted by molar-refractivity contribution is 0.447. The number of nitrogens with one attached hydrogen (secondary N) is 1. The molecule has 56 valence electrons. The molecule has 0 aromatic carbocycles. The van der Waals surface area contributed by atoms with Crippen molar-refractivity contribution in [2.75, 3.05) is 6.54 Å². The van der Waals surface area contributed by atoms with Crippen LogP contribution in [0.5, 0.6) is 0 Å². The molecule has 0 spiro atoms. The number of unbranched alkanes of at least 4 members (excludes halogenated alkanes) is 1. The summed E-state index contributed by atoms with van der Waals surface area (Å²) in [6.45, 7) is 2.17. The molecule has 0 amide bonds. The van der Waals surface area contributed by atoms with Crippen molar-refractivity contribution in [2.24, 2.45) is 0 Å². The van der Waals surface area contributed by atoms with Crippen LogP contribution in [0.4, 0.5) is 0 Å². The zero-order valence-electron chi connectivity index (χ0n) is 5.25. The molecule has 0 fully saturated rings. The molecule has 5 heteroatoms. The predicted molar refractivity (Wildman–Crippen MR) is 32.6 cm³/mol. The van der Waals surface area contributed by atoms with Gasteiger partial charge in [-0.25, -0.2) is 13.1 Å². The van der Waals surface area contributed by atoms with Crippen LogP contribution in [0.2, 0.25) is 0 Å². The van der Waals surface area contributed by atoms with E-state index >= 15 is 0 Å². The molecule has 9 heavy (non-hydrogen) atoms. The third-order valence-corrected chi connectivity index (χ3v) is 1.37. The average Bonchev–Trinajstić information content (AvgIpc) is 1.63. The van der Waals surface area contributed by atoms with Gasteiger partial charge in [-0.2, -0.15) is 0 Å². The summed E-state index contributed by atoms with van der Waals surface area (Å²) in [5, 5.41) is 0. The SMILES string of the molecule is CCCCNS(=O)(=O)[O-]. The van der Waals surface area contributed by atoms with Crippen LogP contribution in [-0.2, 0) is 10.3 Å². The molecule has 0 radical (unpaired) electrons. The highest BCUT2D eigenvalue weighted by Gasteiger charge is 1.89. The molecule has 0 aliphatic heterocycles. The zero-order valence-corrected chi connectivity index (χ0v) is 6.07. The van der Waals surface area contributed by atoms with Crippen molar-refractivity contribution in [3.63, 3.8) is 0 Å². The standard InChI is InChI=1S/C4H11NO3S/c1-2-3-4-5-9(6,7)8/h5H,2-4H2,1H3,(H,6,7,8)/p-1. The summed E-state index contributed by atoms with van der Waals surface area (Å²) >= 11 is 0. The number of hydrogen-bond donors (Lipinski definition) is 1. The van der Waals surface area contributed by atoms with Gasteiger partial charge in [0.25, 0.3) is 0 Å². The van der Waals surface area contributed by atoms with Crippen LogP contribution in [0.25, 0.3) is 0 Å². The second-order valence-corrected chi connectivity index (χ2v) is 2.90. The maximum Gasteiger partial charge on any atom is 0.159 e. The largest absolute Gasteiger partial charge is 0.735 e. The van der Waals surface area contributed by atoms with Crippen molar-refractivity contribution in [1.29, 1.82) is 0 Å². The van der Waals surface area contributed by atoms with Crippen LogP contribution in [-0.4, -0.2) is 19.5 Å². The number of rotatable bonds is 4. The zero-order chi connectivity index (χ0) is 7.33. The molecule has 0 aromatic rings. The first-order chi connectivity index (χ1) is 4.06. The van der Waals surface area contributed by atoms with E-state index < -0.39 is 10.3 Å². The van der Waals surface area contributed by atoms with Gasteiger partial charge in [-0.1, -0.05) is 13.3 Å². The molecule has 0 rings (SSSR count). The van der Waals surface area contributed by atoms with Crippen LogP contribution >= 0.6 is 0 Å². The maximum absolute atomic E-state index is 9.84. The Balaban J connectivity index is 3.30. The second-order valence-electron chi connectivity index (χ2n) is 1.70. The topological polar surface area (TPSA) is 69.2 Å². The highest BCUT2D eigenvalue weighted by molar-refractivity contribution is 7.83. The van der Waals surface area contributed by atoms with E-state index in [2.05, 4.69) is 0 Å². The van der Waals surface area contributed by atoms with E-state index in [1.54, 1.807) is 0 Å². The molecule has 1 N–H and O–H groups in total. The van der Waals surface area contributed by atoms with E-state index in [-0.39, 0.29) is 6.54 Å². The summed E-state index contributed by atoms with van der Waals surface area (Å²) in [5.74, 6) is 0. The van der Waals surface area contributed by atoms with Gasteiger partial charge in [0.15, 0.2) is 10.3 Å². The van der Waals surface area contributed by atoms with Gasteiger partial charge in [-0.3, -0.25) is 0 Å². The van der Waals surface area contributed by atoms with Crippen LogP contribution in [0, 0.1) is 0 Å². The summed E-state index contributed by atoms with van der Waals surface area (Å²) in [7, 11) is -4.20. The summed E-state index contributed by atoms with van der Waals surface area (Å²) in [5.41, 5.74) is 0. The molecule has 0 heterocycles. The van der Waals surface area contributed by atoms with Crippen LogP contribution in [0.3, 0.4) is 0 Å². The lowest BCUT2D eigenvalue weighted by Gasteiger charge is -2.06. The molecule has 0 saturated carbocycles. The van der Waals surface area contributed by atoms with Gasteiger partial charge in [0.2, 0.25) is 0 Å². The van der Waals surface area contributed by atoms with Gasteiger partial charge in [-0.05, 0) is 6.42 Å². The Morgan fingerprint density at radius 1 is 1.56 bits per heavy atom. The Labute approximate surface area is 55.1 Å². The average molecular weight is 152 g/mol. The van der Waals surface area contributed by atoms with Gasteiger partial charge in [0.1, 0.15) is 0 Å². The van der Waals surface area contributed by atoms with E-state index in [1.165, 1.54) is 0 Å². The van der Waals surface area contributed by atoms with Crippen molar-refractivity contribution < 1.29 is 13.0 Å². The lowest BCUT2D eigenvalue weighted by atomic mass is 10.3. The molecular formula is C4H10NO3S-. The molecule has 0 unspecified atom stereocenters. The Morgan fingerprint density at radius 3 is 2.44 bits per heavy atom. The van der Waals surface area contributed by atoms with Gasteiger partial charge in [0.05, 0.1) is 0 Å². The molecule has 0 aliphatic carbocycles. The Hall–Kier alpha value is -0.130. The fourth-order valence-corrected chi connectivity index (χ4v) is 0.768. The first-order valence-electron chi connectivity index (χ1n) is 2.76. The molecule has 4 nitrogen and oxygen atoms in total. The third-order valence-electron chi connectivity index (χ3n) is 0.809. The summed E-state index contributed by atoms with van der Waals surface area (Å²) in [6, 6.07) is 0. The Morgan fingerprint density at radius 2 is 2.11 bits per heavy atom. The highest BCUT2D eigenvalue weighted by Crippen LogP contribution is 1.83. The van der Waals surface area contributed by atoms with E-state index in [0.717, 1.165) is 6.42 Å². The molecule has 0 saturated heterocycles. The summed E-state index contributed by atoms with van der Waals surface area (Å²) < 4.78 is 31.4. The van der Waals surface area contributed by atoms with Gasteiger partial charge < -0.3 is 4.55 Å². The minimum Gasteiger partial charge on any atom is -0.735 e. The van der Waals surface area contributed by atoms with Crippen LogP contribution in [0.1, 0.15) is 19.8 Å². The van der Waals surface area contributed by atoms with Crippen LogP contribution in [0.15, 0.2) is 0 Å². The highest BCUT2D eigenvalue weighted by atomic mass is 32.2. The molecule has 0 aromatic heterocycles. The first-order valence-corrected chi connectivity index (χ1v) is 4.17. The molecule has 0 aliphatic rings. The van der Waals surface area contributed by atoms with E-state index in [1.807, 2.05) is 11.6 Å². The maximum atomic E-state index is 9.84. The monoisotopic (exact) mass is 152 g/mol. The summed E-state index contributed by atoms with van der Waals surface area (Å²) in [6.07, 6.45) is 1.59. The minimum absolute atomic E-state index is 0.252. The van der Waals surface area contributed by atoms with E-state index in [0.29, 0.717) is 6.42 Å². The van der Waals surface area contributed by atoms with Crippen molar-refractivity contribution >= 4 is 10.3 Å². The third kappa shape index (κ3) is 7.87. The van der Waals surface area contributed by atoms with Crippen molar-refractivity contribution in [1.82, 2.24) is 4.72 Å². The van der Waals surface area contributed by atoms with Crippen LogP contribution < -0.4 is 4.72 Å². The second kappa shape index (κ2) is 3.81. The minimum atomic E-state index is -4.20. The number of hydrogen-bond acceptors (Lipinski definition) is 3. The smallest absolute Gasteiger partial charge is 0.159 e. The molecule has 0 atom stereocenters. The molecule has 0 bridgehead atoms. The van der Waals surface area contributed by atoms with Crippen molar-refractivity contribution in [2.45, 2.75) is 19.8 Å². The first kappa shape index (κ1) is 8.87. The van der Waals surface area contributed by atoms with E-state index in [4.69, 9.17) is 0 Å². The van der Waals surface area contributed by atoms with Gasteiger partial charge >= 0.3 is 0 Å². The summed E-state index contributed by atoms with van der Waals surface area (Å²) in [4.78, 5) is 0. The van der Waals surface area contributed by atoms with E-state index in [9.17, 15) is 13.0 Å². The quantitative estimate of drug-likeness (QED) is 0.449. The van der Waals surface area contributed by atoms with Crippen molar-refractivity contribution in [3.05, 3.63) is 0 Å². The Kier molecular flexibility index (Phi) is 3.76. The molecular weight excluding hydrogens is 142 g/mol. The predicted octanol–water partition coefficient (Wildman–Crippen LogP) is -0.164. The lowest BCUT2D eigenvalue weighted by Crippen LogP contribution is -2.23. The van der Waals surface area contributed by atoms with Gasteiger partial charge in [0, 0.05) is 6.54 Å². The Bertz CT molecular complexity index is 151. The fraction of sp³-hybridized carbons (Fsp3) is 1.00.